The molecule has 0 aliphatic carbocycles. The first-order chi connectivity index (χ1) is 6.90. The third kappa shape index (κ3) is 5.61. The lowest BCUT2D eigenvalue weighted by Gasteiger charge is -2.27. The molecule has 0 atom stereocenters. The molecule has 1 N–H and O–H groups in total. The van der Waals surface area contributed by atoms with Crippen molar-refractivity contribution in [2.45, 2.75) is 53.5 Å². The molecule has 96 valence electrons. The highest BCUT2D eigenvalue weighted by atomic mass is 32.2. The predicted octanol–water partition coefficient (Wildman–Crippen LogP) is 2.55. The summed E-state index contributed by atoms with van der Waals surface area (Å²) in [5.74, 6) is -0.350. The van der Waals surface area contributed by atoms with Gasteiger partial charge in [-0.25, -0.2) is 0 Å². The van der Waals surface area contributed by atoms with Crippen LogP contribution in [0.25, 0.3) is 0 Å². The highest BCUT2D eigenvalue weighted by molar-refractivity contribution is 7.85. The van der Waals surface area contributed by atoms with Gasteiger partial charge in [-0.3, -0.25) is 9.55 Å². The van der Waals surface area contributed by atoms with Crippen LogP contribution in [0.2, 0.25) is 0 Å². The lowest BCUT2D eigenvalue weighted by atomic mass is 9.85. The average molecular weight is 249 g/mol. The minimum absolute atomic E-state index is 0.0452. The molecule has 0 unspecified atom stereocenters. The fraction of sp³-hybridized carbons (Fsp3) is 0.909. The van der Waals surface area contributed by atoms with E-state index in [-0.39, 0.29) is 11.2 Å². The van der Waals surface area contributed by atoms with Crippen LogP contribution in [0.1, 0.15) is 48.0 Å². The fourth-order valence-corrected chi connectivity index (χ4v) is 2.30. The van der Waals surface area contributed by atoms with Crippen molar-refractivity contribution in [2.75, 3.05) is 5.75 Å². The van der Waals surface area contributed by atoms with Crippen LogP contribution in [-0.2, 0) is 10.1 Å². The SMILES string of the molecule is CCC(C)(C)C(C)=NC(C)(C)CS(=O)(=O)O. The van der Waals surface area contributed by atoms with Crippen LogP contribution in [-0.4, -0.2) is 30.0 Å². The second kappa shape index (κ2) is 4.84. The largest absolute Gasteiger partial charge is 0.287 e. The van der Waals surface area contributed by atoms with Crippen molar-refractivity contribution in [3.05, 3.63) is 0 Å². The molecule has 0 saturated carbocycles. The molecule has 0 rings (SSSR count). The molecule has 5 heteroatoms. The van der Waals surface area contributed by atoms with Gasteiger partial charge in [0.1, 0.15) is 5.75 Å². The number of nitrogens with zero attached hydrogens (tertiary/aromatic N) is 1. The van der Waals surface area contributed by atoms with Crippen molar-refractivity contribution in [3.8, 4) is 0 Å². The van der Waals surface area contributed by atoms with Crippen molar-refractivity contribution >= 4 is 15.8 Å². The Hall–Kier alpha value is -0.420. The van der Waals surface area contributed by atoms with E-state index in [1.807, 2.05) is 6.92 Å². The molecule has 0 spiro atoms. The van der Waals surface area contributed by atoms with E-state index in [4.69, 9.17) is 4.55 Å². The first-order valence-electron chi connectivity index (χ1n) is 5.42. The normalized spacial score (nSPS) is 15.3. The molecule has 0 aromatic heterocycles. The first kappa shape index (κ1) is 15.6. The van der Waals surface area contributed by atoms with Crippen LogP contribution >= 0.6 is 0 Å². The van der Waals surface area contributed by atoms with E-state index < -0.39 is 15.7 Å². The average Bonchev–Trinajstić information content (AvgIpc) is 1.98. The maximum atomic E-state index is 10.8. The van der Waals surface area contributed by atoms with Gasteiger partial charge in [0.2, 0.25) is 0 Å². The Bertz CT molecular complexity index is 367. The van der Waals surface area contributed by atoms with E-state index in [2.05, 4.69) is 25.8 Å². The van der Waals surface area contributed by atoms with Crippen LogP contribution in [0.15, 0.2) is 4.99 Å². The molecule has 0 saturated heterocycles. The Labute approximate surface area is 98.9 Å². The highest BCUT2D eigenvalue weighted by Gasteiger charge is 2.27. The Kier molecular flexibility index (Phi) is 4.71. The zero-order valence-electron chi connectivity index (χ0n) is 11.0. The second-order valence-electron chi connectivity index (χ2n) is 5.47. The standard InChI is InChI=1S/C11H23NO3S/c1-7-10(3,4)9(2)12-11(5,6)8-16(13,14)15/h7-8H2,1-6H3,(H,13,14,15). The summed E-state index contributed by atoms with van der Waals surface area (Å²) in [5, 5.41) is 0. The Morgan fingerprint density at radius 2 is 1.69 bits per heavy atom. The molecule has 0 heterocycles. The summed E-state index contributed by atoms with van der Waals surface area (Å²) in [6.07, 6.45) is 0.935. The highest BCUT2D eigenvalue weighted by Crippen LogP contribution is 2.24. The molecule has 0 aliphatic rings. The zero-order chi connectivity index (χ0) is 13.2. The second-order valence-corrected chi connectivity index (χ2v) is 6.93. The van der Waals surface area contributed by atoms with Gasteiger partial charge < -0.3 is 0 Å². The van der Waals surface area contributed by atoms with Gasteiger partial charge in [-0.05, 0) is 27.2 Å². The van der Waals surface area contributed by atoms with E-state index in [0.29, 0.717) is 0 Å². The number of aliphatic imine (C=N–C) groups is 1. The van der Waals surface area contributed by atoms with Gasteiger partial charge >= 0.3 is 0 Å². The van der Waals surface area contributed by atoms with Crippen molar-refractivity contribution in [2.24, 2.45) is 10.4 Å². The summed E-state index contributed by atoms with van der Waals surface area (Å²) in [4.78, 5) is 4.41. The number of hydrogen-bond donors (Lipinski definition) is 1. The topological polar surface area (TPSA) is 66.7 Å². The van der Waals surface area contributed by atoms with Gasteiger partial charge in [-0.2, -0.15) is 8.42 Å². The summed E-state index contributed by atoms with van der Waals surface area (Å²) in [7, 11) is -3.99. The van der Waals surface area contributed by atoms with Crippen molar-refractivity contribution in [1.82, 2.24) is 0 Å². The lowest BCUT2D eigenvalue weighted by Crippen LogP contribution is -2.32. The van der Waals surface area contributed by atoms with Crippen LogP contribution in [0.4, 0.5) is 0 Å². The molecular formula is C11H23NO3S. The molecular weight excluding hydrogens is 226 g/mol. The summed E-state index contributed by atoms with van der Waals surface area (Å²) in [5.41, 5.74) is 0.0734. The molecule has 0 aromatic rings. The number of hydrogen-bond acceptors (Lipinski definition) is 3. The molecule has 0 radical (unpaired) electrons. The first-order valence-corrected chi connectivity index (χ1v) is 7.03. The molecule has 0 amide bonds. The minimum atomic E-state index is -3.99. The van der Waals surface area contributed by atoms with Crippen LogP contribution in [0, 0.1) is 5.41 Å². The van der Waals surface area contributed by atoms with E-state index >= 15 is 0 Å². The lowest BCUT2D eigenvalue weighted by molar-refractivity contribution is 0.452. The van der Waals surface area contributed by atoms with Gasteiger partial charge in [-0.15, -0.1) is 0 Å². The Morgan fingerprint density at radius 1 is 1.25 bits per heavy atom. The van der Waals surface area contributed by atoms with E-state index in [0.717, 1.165) is 12.1 Å². The molecule has 0 fully saturated rings. The van der Waals surface area contributed by atoms with E-state index in [9.17, 15) is 8.42 Å². The predicted molar refractivity (Wildman–Crippen MR) is 67.7 cm³/mol. The van der Waals surface area contributed by atoms with Gasteiger partial charge in [0.05, 0.1) is 5.54 Å². The fourth-order valence-electron chi connectivity index (χ4n) is 1.34. The van der Waals surface area contributed by atoms with Crippen LogP contribution < -0.4 is 0 Å². The van der Waals surface area contributed by atoms with Crippen molar-refractivity contribution in [1.29, 1.82) is 0 Å². The zero-order valence-corrected chi connectivity index (χ0v) is 11.8. The summed E-state index contributed by atoms with van der Waals surface area (Å²) in [6, 6.07) is 0. The molecule has 0 aliphatic heterocycles. The third-order valence-electron chi connectivity index (χ3n) is 2.87. The molecule has 4 nitrogen and oxygen atoms in total. The summed E-state index contributed by atoms with van der Waals surface area (Å²) >= 11 is 0. The quantitative estimate of drug-likeness (QED) is 0.601. The van der Waals surface area contributed by atoms with Gasteiger partial charge in [0, 0.05) is 11.1 Å². The summed E-state index contributed by atoms with van der Waals surface area (Å²) < 4.78 is 30.5. The van der Waals surface area contributed by atoms with E-state index in [1.165, 1.54) is 0 Å². The molecule has 16 heavy (non-hydrogen) atoms. The van der Waals surface area contributed by atoms with Gasteiger partial charge in [0.15, 0.2) is 0 Å². The van der Waals surface area contributed by atoms with E-state index in [1.54, 1.807) is 13.8 Å². The minimum Gasteiger partial charge on any atom is -0.287 e. The van der Waals surface area contributed by atoms with Gasteiger partial charge in [-0.1, -0.05) is 20.8 Å². The third-order valence-corrected chi connectivity index (χ3v) is 3.94. The maximum absolute atomic E-state index is 10.8. The van der Waals surface area contributed by atoms with Crippen molar-refractivity contribution in [3.63, 3.8) is 0 Å². The van der Waals surface area contributed by atoms with Gasteiger partial charge in [0.25, 0.3) is 10.1 Å². The van der Waals surface area contributed by atoms with Crippen molar-refractivity contribution < 1.29 is 13.0 Å². The van der Waals surface area contributed by atoms with Crippen LogP contribution in [0.3, 0.4) is 0 Å². The molecule has 0 aromatic carbocycles. The molecule has 0 bridgehead atoms. The Balaban J connectivity index is 5.01. The Morgan fingerprint density at radius 3 is 2.00 bits per heavy atom. The monoisotopic (exact) mass is 249 g/mol. The number of rotatable bonds is 5. The van der Waals surface area contributed by atoms with Crippen LogP contribution in [0.5, 0.6) is 0 Å². The maximum Gasteiger partial charge on any atom is 0.267 e. The summed E-state index contributed by atoms with van der Waals surface area (Å²) in [6.45, 7) is 11.5. The smallest absolute Gasteiger partial charge is 0.267 e.